The second-order valence-electron chi connectivity index (χ2n) is 8.06. The van der Waals surface area contributed by atoms with Crippen molar-refractivity contribution in [1.82, 2.24) is 4.90 Å². The standard InChI is InChI=1S/C20H32N2O2/c1-13(2)16-8-19(14(3)20(23)9-16)22-6-4-15(5-7-22)12-24-18-10-17(21)11-18/h15-18H,1,4-12,21H2,2-3H3. The molecule has 0 amide bonds. The lowest BCUT2D eigenvalue weighted by Gasteiger charge is -2.40. The number of Topliss-reactive ketones (excluding diaryl/α,β-unsaturated/α-hetero) is 1. The number of hydrogen-bond donors (Lipinski definition) is 1. The van der Waals surface area contributed by atoms with Gasteiger partial charge in [-0.25, -0.2) is 0 Å². The minimum Gasteiger partial charge on any atom is -0.378 e. The summed E-state index contributed by atoms with van der Waals surface area (Å²) in [5, 5.41) is 0. The number of nitrogens with two attached hydrogens (primary N) is 1. The number of rotatable bonds is 5. The monoisotopic (exact) mass is 332 g/mol. The van der Waals surface area contributed by atoms with Crippen molar-refractivity contribution in [2.75, 3.05) is 19.7 Å². The van der Waals surface area contributed by atoms with Gasteiger partial charge in [0.05, 0.1) is 6.10 Å². The summed E-state index contributed by atoms with van der Waals surface area (Å²) in [4.78, 5) is 14.8. The van der Waals surface area contributed by atoms with Crippen LogP contribution in [0.2, 0.25) is 0 Å². The Hall–Kier alpha value is -1.13. The van der Waals surface area contributed by atoms with Gasteiger partial charge < -0.3 is 15.4 Å². The minimum absolute atomic E-state index is 0.302. The van der Waals surface area contributed by atoms with E-state index in [1.807, 2.05) is 13.8 Å². The molecule has 4 nitrogen and oxygen atoms in total. The van der Waals surface area contributed by atoms with Crippen molar-refractivity contribution in [1.29, 1.82) is 0 Å². The van der Waals surface area contributed by atoms with Gasteiger partial charge >= 0.3 is 0 Å². The summed E-state index contributed by atoms with van der Waals surface area (Å²) in [7, 11) is 0. The molecule has 3 rings (SSSR count). The van der Waals surface area contributed by atoms with E-state index in [1.165, 1.54) is 5.70 Å². The Balaban J connectivity index is 1.51. The molecular weight excluding hydrogens is 300 g/mol. The first-order chi connectivity index (χ1) is 11.4. The number of nitrogens with zero attached hydrogens (tertiary/aromatic N) is 1. The topological polar surface area (TPSA) is 55.6 Å². The third kappa shape index (κ3) is 3.92. The second-order valence-corrected chi connectivity index (χ2v) is 8.06. The lowest BCUT2D eigenvalue weighted by Crippen LogP contribution is -2.43. The molecule has 1 saturated heterocycles. The van der Waals surface area contributed by atoms with Crippen LogP contribution in [0.1, 0.15) is 52.4 Å². The molecule has 0 radical (unpaired) electrons. The van der Waals surface area contributed by atoms with Crippen molar-refractivity contribution in [3.05, 3.63) is 23.4 Å². The summed E-state index contributed by atoms with van der Waals surface area (Å²) >= 11 is 0. The van der Waals surface area contributed by atoms with Gasteiger partial charge in [0.15, 0.2) is 5.78 Å². The average Bonchev–Trinajstić information content (AvgIpc) is 2.53. The number of carbonyl (C=O) groups excluding carboxylic acids is 1. The highest BCUT2D eigenvalue weighted by Crippen LogP contribution is 2.35. The van der Waals surface area contributed by atoms with E-state index in [4.69, 9.17) is 10.5 Å². The maximum atomic E-state index is 12.3. The van der Waals surface area contributed by atoms with E-state index in [9.17, 15) is 4.79 Å². The van der Waals surface area contributed by atoms with Gasteiger partial charge in [0.1, 0.15) is 0 Å². The van der Waals surface area contributed by atoms with Crippen molar-refractivity contribution >= 4 is 5.78 Å². The molecule has 0 aromatic heterocycles. The van der Waals surface area contributed by atoms with Gasteiger partial charge in [-0.1, -0.05) is 12.2 Å². The highest BCUT2D eigenvalue weighted by Gasteiger charge is 2.31. The molecule has 24 heavy (non-hydrogen) atoms. The van der Waals surface area contributed by atoms with E-state index in [2.05, 4.69) is 11.5 Å². The molecular formula is C20H32N2O2. The Morgan fingerprint density at radius 3 is 2.54 bits per heavy atom. The number of carbonyl (C=O) groups is 1. The zero-order valence-corrected chi connectivity index (χ0v) is 15.2. The number of hydrogen-bond acceptors (Lipinski definition) is 4. The van der Waals surface area contributed by atoms with E-state index in [0.717, 1.165) is 62.9 Å². The fourth-order valence-corrected chi connectivity index (χ4v) is 4.10. The van der Waals surface area contributed by atoms with Crippen LogP contribution in [0.25, 0.3) is 0 Å². The molecule has 2 N–H and O–H groups in total. The van der Waals surface area contributed by atoms with E-state index in [0.29, 0.717) is 36.2 Å². The minimum atomic E-state index is 0.302. The number of likely N-dealkylation sites (tertiary alicyclic amines) is 1. The summed E-state index contributed by atoms with van der Waals surface area (Å²) in [5.41, 5.74) is 9.19. The molecule has 1 saturated carbocycles. The van der Waals surface area contributed by atoms with Crippen molar-refractivity contribution in [2.45, 2.75) is 64.5 Å². The van der Waals surface area contributed by atoms with Crippen LogP contribution in [-0.4, -0.2) is 42.5 Å². The highest BCUT2D eigenvalue weighted by molar-refractivity contribution is 5.96. The molecule has 134 valence electrons. The van der Waals surface area contributed by atoms with Gasteiger partial charge in [-0.15, -0.1) is 0 Å². The first-order valence-electron chi connectivity index (χ1n) is 9.44. The normalized spacial score (nSPS) is 32.0. The molecule has 1 aliphatic heterocycles. The molecule has 0 bridgehead atoms. The molecule has 0 spiro atoms. The molecule has 1 atom stereocenters. The predicted octanol–water partition coefficient (Wildman–Crippen LogP) is 3.03. The molecule has 1 unspecified atom stereocenters. The van der Waals surface area contributed by atoms with Crippen molar-refractivity contribution < 1.29 is 9.53 Å². The maximum absolute atomic E-state index is 12.3. The summed E-state index contributed by atoms with van der Waals surface area (Å²) in [6.07, 6.45) is 6.37. The maximum Gasteiger partial charge on any atom is 0.160 e. The zero-order chi connectivity index (χ0) is 17.3. The Morgan fingerprint density at radius 2 is 1.96 bits per heavy atom. The Labute approximate surface area is 146 Å². The van der Waals surface area contributed by atoms with E-state index in [1.54, 1.807) is 0 Å². The molecule has 0 aromatic carbocycles. The fourth-order valence-electron chi connectivity index (χ4n) is 4.10. The molecule has 2 aliphatic carbocycles. The number of piperidine rings is 1. The Bertz CT molecular complexity index is 526. The van der Waals surface area contributed by atoms with E-state index >= 15 is 0 Å². The van der Waals surface area contributed by atoms with Gasteiger partial charge in [-0.05, 0) is 57.8 Å². The smallest absolute Gasteiger partial charge is 0.160 e. The third-order valence-electron chi connectivity index (χ3n) is 6.11. The van der Waals surface area contributed by atoms with E-state index < -0.39 is 0 Å². The number of ketones is 1. The SMILES string of the molecule is C=C(C)C1CC(=O)C(C)=C(N2CCC(COC3CC(N)C3)CC2)C1. The fraction of sp³-hybridized carbons (Fsp3) is 0.750. The van der Waals surface area contributed by atoms with Crippen LogP contribution < -0.4 is 5.73 Å². The predicted molar refractivity (Wildman–Crippen MR) is 96.5 cm³/mol. The van der Waals surface area contributed by atoms with Gasteiger partial charge in [-0.2, -0.15) is 0 Å². The van der Waals surface area contributed by atoms with Crippen LogP contribution in [0, 0.1) is 11.8 Å². The molecule has 1 heterocycles. The number of allylic oxidation sites excluding steroid dienone is 3. The van der Waals surface area contributed by atoms with Crippen molar-refractivity contribution in [3.8, 4) is 0 Å². The lowest BCUT2D eigenvalue weighted by molar-refractivity contribution is -0.116. The largest absolute Gasteiger partial charge is 0.378 e. The second kappa shape index (κ2) is 7.40. The lowest BCUT2D eigenvalue weighted by atomic mass is 9.82. The zero-order valence-electron chi connectivity index (χ0n) is 15.2. The third-order valence-corrected chi connectivity index (χ3v) is 6.11. The van der Waals surface area contributed by atoms with Crippen LogP contribution in [0.15, 0.2) is 23.4 Å². The molecule has 4 heteroatoms. The van der Waals surface area contributed by atoms with Gasteiger partial charge in [-0.3, -0.25) is 4.79 Å². The van der Waals surface area contributed by atoms with Gasteiger partial charge in [0.25, 0.3) is 0 Å². The quantitative estimate of drug-likeness (QED) is 0.786. The van der Waals surface area contributed by atoms with Crippen LogP contribution in [-0.2, 0) is 9.53 Å². The van der Waals surface area contributed by atoms with Crippen LogP contribution in [0.4, 0.5) is 0 Å². The Kier molecular flexibility index (Phi) is 5.46. The van der Waals surface area contributed by atoms with Crippen LogP contribution in [0.3, 0.4) is 0 Å². The Morgan fingerprint density at radius 1 is 1.29 bits per heavy atom. The first-order valence-corrected chi connectivity index (χ1v) is 9.44. The van der Waals surface area contributed by atoms with Crippen molar-refractivity contribution in [3.63, 3.8) is 0 Å². The summed E-state index contributed by atoms with van der Waals surface area (Å²) in [5.74, 6) is 1.27. The summed E-state index contributed by atoms with van der Waals surface area (Å²) < 4.78 is 5.98. The van der Waals surface area contributed by atoms with Crippen LogP contribution >= 0.6 is 0 Å². The van der Waals surface area contributed by atoms with Gasteiger partial charge in [0.2, 0.25) is 0 Å². The molecule has 0 aromatic rings. The van der Waals surface area contributed by atoms with E-state index in [-0.39, 0.29) is 0 Å². The highest BCUT2D eigenvalue weighted by atomic mass is 16.5. The van der Waals surface area contributed by atoms with Crippen LogP contribution in [0.5, 0.6) is 0 Å². The molecule has 2 fully saturated rings. The average molecular weight is 332 g/mol. The van der Waals surface area contributed by atoms with Gasteiger partial charge in [0, 0.05) is 43.4 Å². The summed E-state index contributed by atoms with van der Waals surface area (Å²) in [6, 6.07) is 0.358. The summed E-state index contributed by atoms with van der Waals surface area (Å²) in [6.45, 7) is 11.1. The van der Waals surface area contributed by atoms with Crippen molar-refractivity contribution in [2.24, 2.45) is 17.6 Å². The number of ether oxygens (including phenoxy) is 1. The molecule has 3 aliphatic rings. The first kappa shape index (κ1) is 17.7.